The fourth-order valence-corrected chi connectivity index (χ4v) is 2.94. The summed E-state index contributed by atoms with van der Waals surface area (Å²) in [5, 5.41) is 4.14. The molecule has 98 valence electrons. The lowest BCUT2D eigenvalue weighted by Gasteiger charge is -2.34. The molecule has 0 unspecified atom stereocenters. The predicted octanol–water partition coefficient (Wildman–Crippen LogP) is 0.306. The first kappa shape index (κ1) is 11.6. The molecule has 3 heterocycles. The van der Waals surface area contributed by atoms with Gasteiger partial charge in [0.1, 0.15) is 18.7 Å². The summed E-state index contributed by atoms with van der Waals surface area (Å²) in [6.45, 7) is 3.43. The van der Waals surface area contributed by atoms with Crippen LogP contribution < -0.4 is 0 Å². The maximum atomic E-state index is 11.6. The van der Waals surface area contributed by atoms with E-state index in [2.05, 4.69) is 15.0 Å². The van der Waals surface area contributed by atoms with Gasteiger partial charge in [-0.1, -0.05) is 0 Å². The van der Waals surface area contributed by atoms with Gasteiger partial charge < -0.3 is 4.74 Å². The average Bonchev–Trinajstić information content (AvgIpc) is 3.01. The van der Waals surface area contributed by atoms with E-state index in [0.717, 1.165) is 32.5 Å². The summed E-state index contributed by atoms with van der Waals surface area (Å²) in [5.74, 6) is 0.505. The van der Waals surface area contributed by atoms with Crippen molar-refractivity contribution in [3.8, 4) is 0 Å². The molecule has 2 atom stereocenters. The average molecular weight is 250 g/mol. The number of carbonyl (C=O) groups excluding carboxylic acids is 1. The van der Waals surface area contributed by atoms with Crippen molar-refractivity contribution >= 4 is 5.97 Å². The Morgan fingerprint density at radius 3 is 3.11 bits per heavy atom. The van der Waals surface area contributed by atoms with Crippen LogP contribution in [0.2, 0.25) is 0 Å². The number of cyclic esters (lactones) is 1. The molecule has 0 N–H and O–H groups in total. The van der Waals surface area contributed by atoms with Crippen LogP contribution in [0.15, 0.2) is 12.7 Å². The third kappa shape index (κ3) is 2.38. The molecule has 6 heteroatoms. The second-order valence-electron chi connectivity index (χ2n) is 5.09. The Kier molecular flexibility index (Phi) is 3.27. The molecule has 0 bridgehead atoms. The number of piperidine rings is 1. The summed E-state index contributed by atoms with van der Waals surface area (Å²) in [6.07, 6.45) is 6.49. The zero-order valence-electron chi connectivity index (χ0n) is 10.4. The van der Waals surface area contributed by atoms with E-state index >= 15 is 0 Å². The van der Waals surface area contributed by atoms with Crippen LogP contribution in [0.4, 0.5) is 0 Å². The van der Waals surface area contributed by atoms with E-state index < -0.39 is 0 Å². The van der Waals surface area contributed by atoms with Crippen molar-refractivity contribution in [3.63, 3.8) is 0 Å². The van der Waals surface area contributed by atoms with E-state index in [0.29, 0.717) is 12.5 Å². The van der Waals surface area contributed by atoms with Crippen LogP contribution in [0.5, 0.6) is 0 Å². The van der Waals surface area contributed by atoms with Crippen LogP contribution in [0.3, 0.4) is 0 Å². The lowest BCUT2D eigenvalue weighted by molar-refractivity contribution is -0.142. The van der Waals surface area contributed by atoms with Gasteiger partial charge in [0.25, 0.3) is 0 Å². The first-order valence-electron chi connectivity index (χ1n) is 6.56. The first-order valence-corrected chi connectivity index (χ1v) is 6.56. The molecule has 0 aromatic carbocycles. The van der Waals surface area contributed by atoms with Crippen molar-refractivity contribution in [1.29, 1.82) is 0 Å². The van der Waals surface area contributed by atoms with Crippen LogP contribution in [0.1, 0.15) is 19.3 Å². The van der Waals surface area contributed by atoms with Crippen molar-refractivity contribution in [1.82, 2.24) is 19.7 Å². The monoisotopic (exact) mass is 250 g/mol. The summed E-state index contributed by atoms with van der Waals surface area (Å²) >= 11 is 0. The number of hydrogen-bond acceptors (Lipinski definition) is 5. The molecule has 2 aliphatic rings. The quantitative estimate of drug-likeness (QED) is 0.722. The fraction of sp³-hybridized carbons (Fsp3) is 0.750. The van der Waals surface area contributed by atoms with E-state index in [1.54, 1.807) is 12.7 Å². The van der Waals surface area contributed by atoms with Gasteiger partial charge in [-0.05, 0) is 25.3 Å². The number of aromatic nitrogens is 3. The standard InChI is InChI=1S/C12H18N4O2/c17-12-11(3-5-18-12)15-4-1-2-10(6-15)7-16-9-13-8-14-16/h8-11H,1-7H2/t10-,11-/m1/s1. The summed E-state index contributed by atoms with van der Waals surface area (Å²) in [4.78, 5) is 17.8. The summed E-state index contributed by atoms with van der Waals surface area (Å²) < 4.78 is 6.93. The molecule has 0 radical (unpaired) electrons. The number of esters is 1. The number of carbonyl (C=O) groups is 1. The molecule has 0 saturated carbocycles. The van der Waals surface area contributed by atoms with Gasteiger partial charge in [0, 0.05) is 19.5 Å². The van der Waals surface area contributed by atoms with Gasteiger partial charge in [-0.2, -0.15) is 5.10 Å². The van der Waals surface area contributed by atoms with Crippen LogP contribution >= 0.6 is 0 Å². The normalized spacial score (nSPS) is 29.4. The summed E-state index contributed by atoms with van der Waals surface area (Å²) in [5.41, 5.74) is 0. The van der Waals surface area contributed by atoms with Crippen molar-refractivity contribution in [2.75, 3.05) is 19.7 Å². The van der Waals surface area contributed by atoms with Crippen molar-refractivity contribution in [2.45, 2.75) is 31.8 Å². The second-order valence-corrected chi connectivity index (χ2v) is 5.09. The van der Waals surface area contributed by atoms with E-state index in [1.165, 1.54) is 6.42 Å². The highest BCUT2D eigenvalue weighted by molar-refractivity contribution is 5.77. The van der Waals surface area contributed by atoms with Crippen molar-refractivity contribution in [2.24, 2.45) is 5.92 Å². The molecule has 1 aromatic heterocycles. The maximum absolute atomic E-state index is 11.6. The fourth-order valence-electron chi connectivity index (χ4n) is 2.94. The minimum Gasteiger partial charge on any atom is -0.464 e. The van der Waals surface area contributed by atoms with Crippen LogP contribution in [-0.2, 0) is 16.1 Å². The minimum absolute atomic E-state index is 0.0106. The molecule has 6 nitrogen and oxygen atoms in total. The van der Waals surface area contributed by atoms with Crippen LogP contribution in [-0.4, -0.2) is 51.4 Å². The highest BCUT2D eigenvalue weighted by Crippen LogP contribution is 2.23. The molecule has 0 aliphatic carbocycles. The Labute approximate surface area is 106 Å². The number of rotatable bonds is 3. The Morgan fingerprint density at radius 2 is 2.39 bits per heavy atom. The van der Waals surface area contributed by atoms with Crippen molar-refractivity contribution < 1.29 is 9.53 Å². The predicted molar refractivity (Wildman–Crippen MR) is 63.7 cm³/mol. The lowest BCUT2D eigenvalue weighted by Crippen LogP contribution is -2.45. The Morgan fingerprint density at radius 1 is 1.44 bits per heavy atom. The third-order valence-electron chi connectivity index (χ3n) is 3.81. The molecule has 2 aliphatic heterocycles. The summed E-state index contributed by atoms with van der Waals surface area (Å²) in [7, 11) is 0. The van der Waals surface area contributed by atoms with Gasteiger partial charge in [0.2, 0.25) is 0 Å². The van der Waals surface area contributed by atoms with E-state index in [-0.39, 0.29) is 12.0 Å². The zero-order chi connectivity index (χ0) is 12.4. The number of hydrogen-bond donors (Lipinski definition) is 0. The Balaban J connectivity index is 1.59. The molecule has 1 aromatic rings. The summed E-state index contributed by atoms with van der Waals surface area (Å²) in [6, 6.07) is -0.0106. The molecule has 18 heavy (non-hydrogen) atoms. The smallest absolute Gasteiger partial charge is 0.323 e. The number of ether oxygens (including phenoxy) is 1. The minimum atomic E-state index is -0.0450. The van der Waals surface area contributed by atoms with Gasteiger partial charge in [0.05, 0.1) is 6.61 Å². The van der Waals surface area contributed by atoms with Gasteiger partial charge in [0.15, 0.2) is 0 Å². The largest absolute Gasteiger partial charge is 0.464 e. The van der Waals surface area contributed by atoms with Gasteiger partial charge >= 0.3 is 5.97 Å². The molecule has 0 amide bonds. The third-order valence-corrected chi connectivity index (χ3v) is 3.81. The molecule has 2 saturated heterocycles. The maximum Gasteiger partial charge on any atom is 0.323 e. The van der Waals surface area contributed by atoms with E-state index in [4.69, 9.17) is 4.74 Å². The first-order chi connectivity index (χ1) is 8.83. The molecular weight excluding hydrogens is 232 g/mol. The number of nitrogens with zero attached hydrogens (tertiary/aromatic N) is 4. The van der Waals surface area contributed by atoms with Crippen molar-refractivity contribution in [3.05, 3.63) is 12.7 Å². The van der Waals surface area contributed by atoms with Gasteiger partial charge in [-0.3, -0.25) is 14.4 Å². The highest BCUT2D eigenvalue weighted by Gasteiger charge is 2.35. The van der Waals surface area contributed by atoms with E-state index in [9.17, 15) is 4.79 Å². The highest BCUT2D eigenvalue weighted by atomic mass is 16.5. The SMILES string of the molecule is O=C1OCC[C@H]1N1CCC[C@@H](Cn2cncn2)C1. The second kappa shape index (κ2) is 5.06. The van der Waals surface area contributed by atoms with Gasteiger partial charge in [-0.15, -0.1) is 0 Å². The molecule has 2 fully saturated rings. The number of likely N-dealkylation sites (tertiary alicyclic amines) is 1. The zero-order valence-corrected chi connectivity index (χ0v) is 10.4. The van der Waals surface area contributed by atoms with Crippen LogP contribution in [0.25, 0.3) is 0 Å². The lowest BCUT2D eigenvalue weighted by atomic mass is 9.96. The topological polar surface area (TPSA) is 60.2 Å². The Bertz CT molecular complexity index is 406. The van der Waals surface area contributed by atoms with Gasteiger partial charge in [-0.25, -0.2) is 4.98 Å². The molecular formula is C12H18N4O2. The molecule has 3 rings (SSSR count). The van der Waals surface area contributed by atoms with E-state index in [1.807, 2.05) is 4.68 Å². The Hall–Kier alpha value is -1.43. The molecule has 0 spiro atoms. The van der Waals surface area contributed by atoms with Crippen LogP contribution in [0, 0.1) is 5.92 Å².